The van der Waals surface area contributed by atoms with Gasteiger partial charge in [-0.05, 0) is 24.1 Å². The maximum absolute atomic E-state index is 13.8. The molecule has 0 bridgehead atoms. The molecule has 2 unspecified atom stereocenters. The molecule has 168 valence electrons. The molecule has 30 heavy (non-hydrogen) atoms. The third kappa shape index (κ3) is 8.37. The van der Waals surface area contributed by atoms with Gasteiger partial charge in [-0.3, -0.25) is 0 Å². The fourth-order valence-electron chi connectivity index (χ4n) is 2.76. The van der Waals surface area contributed by atoms with Crippen LogP contribution in [0.5, 0.6) is 0 Å². The Kier molecular flexibility index (Phi) is 15.9. The first-order valence-corrected chi connectivity index (χ1v) is 9.42. The number of hydrogen-bond acceptors (Lipinski definition) is 4. The van der Waals surface area contributed by atoms with Gasteiger partial charge >= 0.3 is 6.18 Å². The number of anilines is 1. The van der Waals surface area contributed by atoms with Crippen LogP contribution in [0.4, 0.5) is 18.9 Å². The quantitative estimate of drug-likeness (QED) is 0.593. The third-order valence-electron chi connectivity index (χ3n) is 4.05. The van der Waals surface area contributed by atoms with E-state index in [0.717, 1.165) is 7.11 Å². The molecule has 2 rings (SSSR count). The Morgan fingerprint density at radius 3 is 1.60 bits per heavy atom. The monoisotopic (exact) mass is 427 g/mol. The van der Waals surface area contributed by atoms with E-state index >= 15 is 0 Å². The summed E-state index contributed by atoms with van der Waals surface area (Å²) in [6.07, 6.45) is -3.47. The van der Waals surface area contributed by atoms with Crippen molar-refractivity contribution in [3.63, 3.8) is 0 Å². The van der Waals surface area contributed by atoms with Crippen molar-refractivity contribution in [2.45, 2.75) is 51.4 Å². The molecule has 0 radical (unpaired) electrons. The summed E-state index contributed by atoms with van der Waals surface area (Å²) in [5, 5.41) is 3.00. The van der Waals surface area contributed by atoms with Crippen LogP contribution < -0.4 is 5.32 Å². The van der Waals surface area contributed by atoms with Gasteiger partial charge in [-0.15, -0.1) is 0 Å². The van der Waals surface area contributed by atoms with Crippen LogP contribution in [0.1, 0.15) is 45.2 Å². The van der Waals surface area contributed by atoms with Crippen molar-refractivity contribution in [1.82, 2.24) is 0 Å². The summed E-state index contributed by atoms with van der Waals surface area (Å²) >= 11 is 0. The number of hydrogen-bond donors (Lipinski definition) is 1. The highest BCUT2D eigenvalue weighted by molar-refractivity contribution is 5.46. The number of nitrogens with one attached hydrogen (secondary N) is 1. The molecule has 2 atom stereocenters. The summed E-state index contributed by atoms with van der Waals surface area (Å²) < 4.78 is 46.6. The molecule has 0 fully saturated rings. The van der Waals surface area contributed by atoms with Gasteiger partial charge in [0.1, 0.15) is 13.6 Å². The van der Waals surface area contributed by atoms with Gasteiger partial charge in [0.25, 0.3) is 0 Å². The smallest absolute Gasteiger partial charge is 0.375 e. The molecule has 0 amide bonds. The molecule has 0 aromatic heterocycles. The molecular formula is C23H32F3NO3. The number of halogens is 3. The lowest BCUT2D eigenvalue weighted by Crippen LogP contribution is -2.53. The van der Waals surface area contributed by atoms with Crippen molar-refractivity contribution in [3.8, 4) is 0 Å². The van der Waals surface area contributed by atoms with Crippen molar-refractivity contribution in [2.24, 2.45) is 0 Å². The van der Waals surface area contributed by atoms with Gasteiger partial charge in [0, 0.05) is 12.8 Å². The van der Waals surface area contributed by atoms with Gasteiger partial charge in [0.2, 0.25) is 0 Å². The molecular weight excluding hydrogens is 395 g/mol. The number of carbonyl (C=O) groups is 2. The van der Waals surface area contributed by atoms with Crippen molar-refractivity contribution in [1.29, 1.82) is 0 Å². The number of benzene rings is 2. The molecule has 0 heterocycles. The van der Waals surface area contributed by atoms with E-state index in [2.05, 4.69) is 19.2 Å². The van der Waals surface area contributed by atoms with Crippen molar-refractivity contribution in [2.75, 3.05) is 12.4 Å². The second kappa shape index (κ2) is 16.2. The fraction of sp³-hybridized carbons (Fsp3) is 0.391. The lowest BCUT2D eigenvalue weighted by molar-refractivity contribution is -0.277. The van der Waals surface area contributed by atoms with Crippen LogP contribution in [-0.4, -0.2) is 32.5 Å². The SMILES string of the molecule is C=O.C=O.CCC.CCC(OC)(C(Nc1ccccc1)c1ccccc1)C(F)(F)F. The molecule has 0 aliphatic rings. The lowest BCUT2D eigenvalue weighted by atomic mass is 9.85. The van der Waals surface area contributed by atoms with Crippen LogP contribution in [0.25, 0.3) is 0 Å². The van der Waals surface area contributed by atoms with Crippen molar-refractivity contribution < 1.29 is 27.5 Å². The first-order chi connectivity index (χ1) is 14.4. The van der Waals surface area contributed by atoms with Crippen LogP contribution >= 0.6 is 0 Å². The Balaban J connectivity index is 0. The standard InChI is InChI=1S/C18H20F3NO.C3H8.2CH2O/c1-3-17(23-2,18(19,20)21)16(14-10-6-4-7-11-14)22-15-12-8-5-9-13-15;1-3-2;2*1-2/h4-13,16,22H,3H2,1-2H3;3H2,1-2H3;2*1H2. The summed E-state index contributed by atoms with van der Waals surface area (Å²) in [5.74, 6) is 0. The first kappa shape index (κ1) is 29.5. The maximum atomic E-state index is 13.8. The minimum absolute atomic E-state index is 0.202. The third-order valence-corrected chi connectivity index (χ3v) is 4.05. The zero-order chi connectivity index (χ0) is 23.6. The minimum Gasteiger partial charge on any atom is -0.375 e. The Morgan fingerprint density at radius 2 is 1.27 bits per heavy atom. The summed E-state index contributed by atoms with van der Waals surface area (Å²) in [6.45, 7) is 9.74. The number of ether oxygens (including phenoxy) is 1. The van der Waals surface area contributed by atoms with Crippen LogP contribution in [-0.2, 0) is 14.3 Å². The van der Waals surface area contributed by atoms with E-state index in [1.807, 2.05) is 19.6 Å². The zero-order valence-electron chi connectivity index (χ0n) is 18.0. The average Bonchev–Trinajstić information content (AvgIpc) is 2.78. The Bertz CT molecular complexity index is 646. The number of para-hydroxylation sites is 1. The second-order valence-corrected chi connectivity index (χ2v) is 6.01. The lowest BCUT2D eigenvalue weighted by Gasteiger charge is -2.41. The Morgan fingerprint density at radius 1 is 0.867 bits per heavy atom. The Hall–Kier alpha value is -2.67. The molecule has 0 saturated heterocycles. The maximum Gasteiger partial charge on any atom is 0.419 e. The van der Waals surface area contributed by atoms with E-state index < -0.39 is 17.8 Å². The average molecular weight is 428 g/mol. The second-order valence-electron chi connectivity index (χ2n) is 6.01. The molecule has 2 aromatic carbocycles. The molecule has 4 nitrogen and oxygen atoms in total. The van der Waals surface area contributed by atoms with Crippen LogP contribution in [0.15, 0.2) is 60.7 Å². The van der Waals surface area contributed by atoms with Gasteiger partial charge < -0.3 is 19.6 Å². The van der Waals surface area contributed by atoms with E-state index in [1.165, 1.54) is 13.3 Å². The van der Waals surface area contributed by atoms with Gasteiger partial charge in [-0.2, -0.15) is 13.2 Å². The van der Waals surface area contributed by atoms with Gasteiger partial charge in [-0.25, -0.2) is 0 Å². The number of alkyl halides is 3. The van der Waals surface area contributed by atoms with Crippen LogP contribution in [0.2, 0.25) is 0 Å². The zero-order valence-corrected chi connectivity index (χ0v) is 18.0. The van der Waals surface area contributed by atoms with E-state index in [0.29, 0.717) is 11.3 Å². The van der Waals surface area contributed by atoms with Gasteiger partial charge in [-0.1, -0.05) is 75.7 Å². The van der Waals surface area contributed by atoms with Gasteiger partial charge in [0.05, 0.1) is 6.04 Å². The molecule has 0 aliphatic heterocycles. The normalized spacial score (nSPS) is 12.9. The van der Waals surface area contributed by atoms with E-state index in [4.69, 9.17) is 14.3 Å². The molecule has 1 N–H and O–H groups in total. The predicted octanol–water partition coefficient (Wildman–Crippen LogP) is 6.24. The molecule has 0 saturated carbocycles. The highest BCUT2D eigenvalue weighted by Crippen LogP contribution is 2.46. The summed E-state index contributed by atoms with van der Waals surface area (Å²) in [5.41, 5.74) is -1.18. The molecule has 7 heteroatoms. The van der Waals surface area contributed by atoms with Crippen molar-refractivity contribution in [3.05, 3.63) is 66.2 Å². The summed E-state index contributed by atoms with van der Waals surface area (Å²) in [4.78, 5) is 16.0. The predicted molar refractivity (Wildman–Crippen MR) is 116 cm³/mol. The fourth-order valence-corrected chi connectivity index (χ4v) is 2.76. The van der Waals surface area contributed by atoms with Crippen LogP contribution in [0.3, 0.4) is 0 Å². The summed E-state index contributed by atoms with van der Waals surface area (Å²) in [7, 11) is 1.11. The van der Waals surface area contributed by atoms with Gasteiger partial charge in [0.15, 0.2) is 5.60 Å². The number of rotatable bonds is 6. The molecule has 2 aromatic rings. The topological polar surface area (TPSA) is 55.4 Å². The highest BCUT2D eigenvalue weighted by atomic mass is 19.4. The number of carbonyl (C=O) groups excluding carboxylic acids is 2. The minimum atomic E-state index is -4.52. The van der Waals surface area contributed by atoms with Crippen molar-refractivity contribution >= 4 is 19.3 Å². The van der Waals surface area contributed by atoms with E-state index in [1.54, 1.807) is 54.6 Å². The van der Waals surface area contributed by atoms with E-state index in [-0.39, 0.29) is 6.42 Å². The summed E-state index contributed by atoms with van der Waals surface area (Å²) in [6, 6.07) is 16.4. The first-order valence-electron chi connectivity index (χ1n) is 9.42. The largest absolute Gasteiger partial charge is 0.419 e. The number of methoxy groups -OCH3 is 1. The Labute approximate surface area is 177 Å². The highest BCUT2D eigenvalue weighted by Gasteiger charge is 2.59. The molecule has 0 spiro atoms. The molecule has 0 aliphatic carbocycles. The van der Waals surface area contributed by atoms with Crippen LogP contribution in [0, 0.1) is 0 Å². The van der Waals surface area contributed by atoms with E-state index in [9.17, 15) is 13.2 Å².